The van der Waals surface area contributed by atoms with Crippen LogP contribution in [0.4, 0.5) is 0 Å². The average molecular weight is 640 g/mol. The van der Waals surface area contributed by atoms with Gasteiger partial charge in [0, 0.05) is 20.5 Å². The molecule has 4 aromatic rings. The second-order valence-corrected chi connectivity index (χ2v) is 12.7. The minimum absolute atomic E-state index is 0.277. The number of benzene rings is 3. The molecule has 3 aromatic carbocycles. The van der Waals surface area contributed by atoms with E-state index in [1.54, 1.807) is 67.4 Å². The number of halogens is 2. The first-order chi connectivity index (χ1) is 20.1. The minimum Gasteiger partial charge on any atom is -0.488 e. The number of hydrogen-bond acceptors (Lipinski definition) is 7. The van der Waals surface area contributed by atoms with Gasteiger partial charge in [0.15, 0.2) is 4.80 Å². The Hall–Kier alpha value is -3.30. The third-order valence-electron chi connectivity index (χ3n) is 6.56. The van der Waals surface area contributed by atoms with Crippen molar-refractivity contribution >= 4 is 58.3 Å². The monoisotopic (exact) mass is 638 g/mol. The molecule has 1 aliphatic heterocycles. The summed E-state index contributed by atoms with van der Waals surface area (Å²) in [7, 11) is 0. The molecule has 5 rings (SSSR count). The van der Waals surface area contributed by atoms with Crippen molar-refractivity contribution in [2.75, 3.05) is 6.26 Å². The summed E-state index contributed by atoms with van der Waals surface area (Å²) in [5.41, 5.74) is 2.92. The Morgan fingerprint density at radius 1 is 1.10 bits per heavy atom. The van der Waals surface area contributed by atoms with Crippen LogP contribution in [0, 0.1) is 0 Å². The lowest BCUT2D eigenvalue weighted by atomic mass is 9.96. The number of nitrogens with zero attached hydrogens (tertiary/aromatic N) is 2. The van der Waals surface area contributed by atoms with E-state index >= 15 is 0 Å². The smallest absolute Gasteiger partial charge is 0.338 e. The summed E-state index contributed by atoms with van der Waals surface area (Å²) < 4.78 is 13.7. The number of hydrogen-bond donors (Lipinski definition) is 0. The lowest BCUT2D eigenvalue weighted by Crippen LogP contribution is -2.40. The van der Waals surface area contributed by atoms with E-state index in [0.29, 0.717) is 42.0 Å². The van der Waals surface area contributed by atoms with Crippen molar-refractivity contribution in [2.24, 2.45) is 4.99 Å². The molecule has 2 heterocycles. The van der Waals surface area contributed by atoms with Crippen LogP contribution in [-0.4, -0.2) is 22.9 Å². The van der Waals surface area contributed by atoms with Gasteiger partial charge in [-0.15, -0.1) is 11.8 Å². The average Bonchev–Trinajstić information content (AvgIpc) is 3.25. The normalized spacial score (nSPS) is 15.0. The van der Waals surface area contributed by atoms with Crippen molar-refractivity contribution < 1.29 is 14.3 Å². The first-order valence-electron chi connectivity index (χ1n) is 13.2. The molecule has 0 unspecified atom stereocenters. The number of fused-ring (bicyclic) bond motifs is 1. The van der Waals surface area contributed by atoms with E-state index in [2.05, 4.69) is 4.99 Å². The van der Waals surface area contributed by atoms with Gasteiger partial charge in [-0.05, 0) is 86.7 Å². The van der Waals surface area contributed by atoms with E-state index in [-0.39, 0.29) is 18.3 Å². The topological polar surface area (TPSA) is 69.9 Å². The summed E-state index contributed by atoms with van der Waals surface area (Å²) >= 11 is 15.3. The summed E-state index contributed by atoms with van der Waals surface area (Å²) in [5.74, 6) is 0.0674. The second-order valence-electron chi connectivity index (χ2n) is 9.91. The molecule has 0 saturated carbocycles. The third kappa shape index (κ3) is 6.52. The highest BCUT2D eigenvalue weighted by Crippen LogP contribution is 2.32. The zero-order valence-electron chi connectivity index (χ0n) is 23.4. The fraction of sp³-hybridized carbons (Fsp3) is 0.219. The third-order valence-corrected chi connectivity index (χ3v) is 8.75. The Kier molecular flexibility index (Phi) is 9.28. The highest BCUT2D eigenvalue weighted by Gasteiger charge is 2.33. The molecule has 0 spiro atoms. The van der Waals surface area contributed by atoms with Crippen LogP contribution in [0.3, 0.4) is 0 Å². The lowest BCUT2D eigenvalue weighted by Gasteiger charge is -2.25. The van der Waals surface area contributed by atoms with Gasteiger partial charge in [0.05, 0.1) is 27.9 Å². The molecule has 0 radical (unpaired) electrons. The molecule has 10 heteroatoms. The van der Waals surface area contributed by atoms with Gasteiger partial charge < -0.3 is 9.47 Å². The highest BCUT2D eigenvalue weighted by atomic mass is 35.5. The summed E-state index contributed by atoms with van der Waals surface area (Å²) in [6.07, 6.45) is 3.42. The molecule has 0 N–H and O–H groups in total. The minimum atomic E-state index is -0.691. The predicted octanol–water partition coefficient (Wildman–Crippen LogP) is 6.79. The largest absolute Gasteiger partial charge is 0.488 e. The van der Waals surface area contributed by atoms with E-state index in [0.717, 1.165) is 16.0 Å². The highest BCUT2D eigenvalue weighted by molar-refractivity contribution is 7.98. The molecule has 6 nitrogen and oxygen atoms in total. The summed E-state index contributed by atoms with van der Waals surface area (Å²) in [4.78, 5) is 33.6. The molecule has 0 fully saturated rings. The maximum absolute atomic E-state index is 14.0. The van der Waals surface area contributed by atoms with Crippen molar-refractivity contribution in [3.63, 3.8) is 0 Å². The summed E-state index contributed by atoms with van der Waals surface area (Å²) in [6.45, 7) is 5.65. The number of allylic oxidation sites excluding steroid dienone is 1. The Labute approximate surface area is 261 Å². The maximum atomic E-state index is 14.0. The fourth-order valence-electron chi connectivity index (χ4n) is 4.65. The van der Waals surface area contributed by atoms with E-state index in [1.807, 2.05) is 48.7 Å². The van der Waals surface area contributed by atoms with Gasteiger partial charge in [-0.3, -0.25) is 9.36 Å². The Balaban J connectivity index is 1.62. The lowest BCUT2D eigenvalue weighted by molar-refractivity contribution is -0.143. The molecule has 1 aromatic heterocycles. The number of carbonyl (C=O) groups is 1. The van der Waals surface area contributed by atoms with Gasteiger partial charge in [0.2, 0.25) is 0 Å². The quantitative estimate of drug-likeness (QED) is 0.157. The van der Waals surface area contributed by atoms with Crippen molar-refractivity contribution in [1.29, 1.82) is 0 Å². The van der Waals surface area contributed by atoms with Crippen LogP contribution in [0.2, 0.25) is 10.0 Å². The number of esters is 1. The molecular formula is C32H28Cl2N2O4S2. The second kappa shape index (κ2) is 12.9. The molecule has 0 bridgehead atoms. The molecule has 1 atom stereocenters. The number of aromatic nitrogens is 1. The van der Waals surface area contributed by atoms with Crippen LogP contribution in [0.25, 0.3) is 6.08 Å². The first-order valence-corrected chi connectivity index (χ1v) is 16.0. The molecule has 42 heavy (non-hydrogen) atoms. The van der Waals surface area contributed by atoms with Crippen LogP contribution >= 0.6 is 46.3 Å². The van der Waals surface area contributed by atoms with Crippen molar-refractivity contribution in [2.45, 2.75) is 44.4 Å². The first kappa shape index (κ1) is 30.2. The zero-order valence-corrected chi connectivity index (χ0v) is 26.5. The number of carbonyl (C=O) groups excluding carboxylic acids is 1. The molecule has 0 aliphatic carbocycles. The molecular weight excluding hydrogens is 611 g/mol. The van der Waals surface area contributed by atoms with Gasteiger partial charge in [-0.2, -0.15) is 0 Å². The molecule has 0 amide bonds. The summed E-state index contributed by atoms with van der Waals surface area (Å²) in [6, 6.07) is 19.8. The van der Waals surface area contributed by atoms with Crippen LogP contribution in [-0.2, 0) is 16.1 Å². The maximum Gasteiger partial charge on any atom is 0.338 e. The zero-order chi connectivity index (χ0) is 30.0. The molecule has 0 saturated heterocycles. The SMILES string of the molecule is CSc1ccc([C@@H]2C(C(=O)OC(C)C)=C(C)N=c3s/c(=C\c4cc(Cl)ccc4OCc4cccc(Cl)c4)c(=O)n32)cc1. The summed E-state index contributed by atoms with van der Waals surface area (Å²) in [5, 5.41) is 1.13. The number of thioether (sulfide) groups is 1. The van der Waals surface area contributed by atoms with E-state index in [1.165, 1.54) is 11.3 Å². The van der Waals surface area contributed by atoms with Crippen LogP contribution in [0.15, 0.2) is 92.7 Å². The van der Waals surface area contributed by atoms with Gasteiger partial charge in [0.25, 0.3) is 5.56 Å². The van der Waals surface area contributed by atoms with Crippen molar-refractivity contribution in [1.82, 2.24) is 4.57 Å². The molecule has 1 aliphatic rings. The Bertz CT molecular complexity index is 1860. The van der Waals surface area contributed by atoms with Gasteiger partial charge >= 0.3 is 5.97 Å². The van der Waals surface area contributed by atoms with E-state index in [9.17, 15) is 9.59 Å². The van der Waals surface area contributed by atoms with Crippen LogP contribution in [0.5, 0.6) is 5.75 Å². The predicted molar refractivity (Wildman–Crippen MR) is 170 cm³/mol. The number of thiazole rings is 1. The van der Waals surface area contributed by atoms with Crippen LogP contribution in [0.1, 0.15) is 43.5 Å². The standard InChI is InChI=1S/C32H28Cl2N2O4S2/c1-18(2)40-31(38)28-19(3)35-32-36(29(28)21-8-11-25(41-4)12-9-21)30(37)27(42-32)16-22-15-24(34)10-13-26(22)39-17-20-6-5-7-23(33)14-20/h5-16,18,29H,17H2,1-4H3/b27-16-/t29-/m1/s1. The Morgan fingerprint density at radius 3 is 2.52 bits per heavy atom. The van der Waals surface area contributed by atoms with Gasteiger partial charge in [-0.1, -0.05) is 58.8 Å². The van der Waals surface area contributed by atoms with Gasteiger partial charge in [-0.25, -0.2) is 9.79 Å². The Morgan fingerprint density at radius 2 is 1.83 bits per heavy atom. The van der Waals surface area contributed by atoms with Crippen molar-refractivity contribution in [3.8, 4) is 5.75 Å². The van der Waals surface area contributed by atoms with Crippen LogP contribution < -0.4 is 19.6 Å². The van der Waals surface area contributed by atoms with Crippen molar-refractivity contribution in [3.05, 3.63) is 124 Å². The molecule has 216 valence electrons. The fourth-order valence-corrected chi connectivity index (χ4v) is 6.49. The van der Waals surface area contributed by atoms with Gasteiger partial charge in [0.1, 0.15) is 12.4 Å². The number of ether oxygens (including phenoxy) is 2. The number of rotatable bonds is 8. The van der Waals surface area contributed by atoms with E-state index < -0.39 is 12.0 Å². The van der Waals surface area contributed by atoms with E-state index in [4.69, 9.17) is 32.7 Å².